The predicted octanol–water partition coefficient (Wildman–Crippen LogP) is 2.25. The van der Waals surface area contributed by atoms with Crippen LogP contribution >= 0.6 is 0 Å². The molecule has 0 amide bonds. The lowest BCUT2D eigenvalue weighted by Crippen LogP contribution is -2.28. The lowest BCUT2D eigenvalue weighted by molar-refractivity contribution is -0.137. The highest BCUT2D eigenvalue weighted by Gasteiger charge is 2.32. The van der Waals surface area contributed by atoms with Crippen LogP contribution in [-0.2, 0) is 4.79 Å². The van der Waals surface area contributed by atoms with Gasteiger partial charge in [0.05, 0.1) is 11.3 Å². The number of carbonyl (C=O) groups excluding carboxylic acids is 1. The molecular weight excluding hydrogens is 334 g/mol. The van der Waals surface area contributed by atoms with E-state index >= 15 is 0 Å². The van der Waals surface area contributed by atoms with Crippen LogP contribution in [-0.4, -0.2) is 48.2 Å². The van der Waals surface area contributed by atoms with Crippen LogP contribution in [0.2, 0.25) is 0 Å². The minimum atomic E-state index is -1.24. The van der Waals surface area contributed by atoms with E-state index in [9.17, 15) is 9.59 Å². The molecule has 0 fully saturated rings. The van der Waals surface area contributed by atoms with Crippen LogP contribution in [0.1, 0.15) is 10.4 Å². The predicted molar refractivity (Wildman–Crippen MR) is 101 cm³/mol. The molecule has 1 aromatic heterocycles. The Morgan fingerprint density at radius 1 is 1.23 bits per heavy atom. The number of nitrogens with zero attached hydrogens (tertiary/aromatic N) is 2. The van der Waals surface area contributed by atoms with E-state index in [0.717, 1.165) is 11.5 Å². The van der Waals surface area contributed by atoms with Gasteiger partial charge in [-0.2, -0.15) is 0 Å². The van der Waals surface area contributed by atoms with Crippen LogP contribution in [0.5, 0.6) is 0 Å². The highest BCUT2D eigenvalue weighted by Crippen LogP contribution is 2.35. The number of benzene rings is 1. The maximum absolute atomic E-state index is 12.4. The first-order valence-electron chi connectivity index (χ1n) is 8.16. The Bertz CT molecular complexity index is 851. The van der Waals surface area contributed by atoms with Crippen LogP contribution in [0.25, 0.3) is 0 Å². The second-order valence-corrected chi connectivity index (χ2v) is 5.69. The molecule has 0 spiro atoms. The molecule has 2 aromatic rings. The molecule has 3 rings (SSSR count). The number of carboxylic acid groups (broad SMARTS) is 1. The van der Waals surface area contributed by atoms with Crippen LogP contribution in [0.3, 0.4) is 0 Å². The van der Waals surface area contributed by atoms with Gasteiger partial charge in [-0.25, -0.2) is 4.98 Å². The molecule has 4 N–H and O–H groups in total. The number of aromatic nitrogens is 1. The molecule has 0 saturated carbocycles. The van der Waals surface area contributed by atoms with Crippen molar-refractivity contribution in [2.75, 3.05) is 36.1 Å². The largest absolute Gasteiger partial charge is 0.480 e. The minimum absolute atomic E-state index is 0.305. The molecule has 0 radical (unpaired) electrons. The summed E-state index contributed by atoms with van der Waals surface area (Å²) in [6, 6.07) is 9.16. The molecule has 26 heavy (non-hydrogen) atoms. The molecule has 1 aromatic carbocycles. The maximum Gasteiger partial charge on any atom is 0.319 e. The number of Topliss-reactive ketones (excluding diaryl/α,β-unsaturated/α-hetero) is 1. The number of anilines is 3. The van der Waals surface area contributed by atoms with Gasteiger partial charge in [0, 0.05) is 43.9 Å². The van der Waals surface area contributed by atoms with Gasteiger partial charge in [-0.1, -0.05) is 6.07 Å². The van der Waals surface area contributed by atoms with Crippen LogP contribution in [0.4, 0.5) is 22.9 Å². The molecule has 2 heterocycles. The zero-order valence-corrected chi connectivity index (χ0v) is 14.2. The monoisotopic (exact) mass is 353 g/mol. The molecule has 1 aliphatic heterocycles. The van der Waals surface area contributed by atoms with Gasteiger partial charge in [0.15, 0.2) is 11.7 Å². The first-order valence-corrected chi connectivity index (χ1v) is 8.16. The Morgan fingerprint density at radius 3 is 2.73 bits per heavy atom. The number of ketones is 1. The summed E-state index contributed by atoms with van der Waals surface area (Å²) < 4.78 is 0. The third kappa shape index (κ3) is 3.64. The van der Waals surface area contributed by atoms with Crippen LogP contribution in [0, 0.1) is 5.92 Å². The number of pyridine rings is 1. The van der Waals surface area contributed by atoms with Gasteiger partial charge >= 0.3 is 5.97 Å². The first kappa shape index (κ1) is 17.4. The van der Waals surface area contributed by atoms with E-state index in [1.165, 1.54) is 6.21 Å². The summed E-state index contributed by atoms with van der Waals surface area (Å²) in [6.07, 6.45) is 2.90. The Hall–Kier alpha value is -3.42. The van der Waals surface area contributed by atoms with Crippen molar-refractivity contribution in [3.05, 3.63) is 42.1 Å². The fourth-order valence-corrected chi connectivity index (χ4v) is 2.71. The van der Waals surface area contributed by atoms with Gasteiger partial charge in [-0.15, -0.1) is 0 Å². The molecule has 1 atom stereocenters. The van der Waals surface area contributed by atoms with Crippen molar-refractivity contribution < 1.29 is 14.7 Å². The van der Waals surface area contributed by atoms with Crippen LogP contribution in [0.15, 0.2) is 41.5 Å². The standard InChI is InChI=1S/C18H19N5O3/c1-19-13-8-11(20-6-7-22-15-4-2-3-5-21-15)9-14-16(13)17(24)12(10-23-14)18(25)26/h2-5,8-10,12,19-20H,6-7H2,1H3,(H,21,22)(H,25,26). The third-order valence-electron chi connectivity index (χ3n) is 3.97. The Kier molecular flexibility index (Phi) is 5.12. The fourth-order valence-electron chi connectivity index (χ4n) is 2.71. The smallest absolute Gasteiger partial charge is 0.319 e. The SMILES string of the molecule is CNc1cc(NCCNc2ccccn2)cc2c1C(=O)C(C(=O)O)C=N2. The summed E-state index contributed by atoms with van der Waals surface area (Å²) in [6.45, 7) is 1.29. The number of fused-ring (bicyclic) bond motifs is 1. The van der Waals surface area contributed by atoms with Gasteiger partial charge in [0.1, 0.15) is 5.82 Å². The molecule has 134 valence electrons. The van der Waals surface area contributed by atoms with Crippen molar-refractivity contribution in [2.24, 2.45) is 10.9 Å². The van der Waals surface area contributed by atoms with Crippen molar-refractivity contribution in [3.8, 4) is 0 Å². The summed E-state index contributed by atoms with van der Waals surface area (Å²) >= 11 is 0. The highest BCUT2D eigenvalue weighted by molar-refractivity contribution is 6.24. The molecule has 0 bridgehead atoms. The molecule has 8 heteroatoms. The van der Waals surface area contributed by atoms with Crippen molar-refractivity contribution in [1.29, 1.82) is 0 Å². The quantitative estimate of drug-likeness (QED) is 0.446. The summed E-state index contributed by atoms with van der Waals surface area (Å²) in [5.74, 6) is -2.11. The number of rotatable bonds is 7. The number of carbonyl (C=O) groups is 2. The zero-order valence-electron chi connectivity index (χ0n) is 14.2. The van der Waals surface area contributed by atoms with Crippen molar-refractivity contribution >= 4 is 40.8 Å². The van der Waals surface area contributed by atoms with E-state index in [-0.39, 0.29) is 0 Å². The fraction of sp³-hybridized carbons (Fsp3) is 0.222. The van der Waals surface area contributed by atoms with Gasteiger partial charge in [0.2, 0.25) is 0 Å². The normalized spacial score (nSPS) is 15.3. The molecule has 1 unspecified atom stereocenters. The van der Waals surface area contributed by atoms with E-state index < -0.39 is 17.7 Å². The molecule has 0 aliphatic carbocycles. The summed E-state index contributed by atoms with van der Waals surface area (Å²) in [5, 5.41) is 18.5. The number of aliphatic carboxylic acids is 1. The lowest BCUT2D eigenvalue weighted by atomic mass is 9.93. The number of hydrogen-bond acceptors (Lipinski definition) is 7. The van der Waals surface area contributed by atoms with Crippen LogP contribution < -0.4 is 16.0 Å². The van der Waals surface area contributed by atoms with Gasteiger partial charge in [-0.3, -0.25) is 14.6 Å². The Labute approximate surface area is 150 Å². The van der Waals surface area contributed by atoms with Crippen molar-refractivity contribution in [1.82, 2.24) is 4.98 Å². The molecular formula is C18H19N5O3. The van der Waals surface area contributed by atoms with E-state index in [1.54, 1.807) is 25.4 Å². The Morgan fingerprint density at radius 2 is 2.04 bits per heavy atom. The van der Waals surface area contributed by atoms with E-state index in [0.29, 0.717) is 30.0 Å². The number of carboxylic acids is 1. The van der Waals surface area contributed by atoms with Gasteiger partial charge in [0.25, 0.3) is 0 Å². The molecule has 0 saturated heterocycles. The second-order valence-electron chi connectivity index (χ2n) is 5.69. The summed E-state index contributed by atoms with van der Waals surface area (Å²) in [7, 11) is 1.68. The highest BCUT2D eigenvalue weighted by atomic mass is 16.4. The Balaban J connectivity index is 1.71. The minimum Gasteiger partial charge on any atom is -0.480 e. The topological polar surface area (TPSA) is 116 Å². The second kappa shape index (κ2) is 7.64. The lowest BCUT2D eigenvalue weighted by Gasteiger charge is -2.19. The summed E-state index contributed by atoms with van der Waals surface area (Å²) in [4.78, 5) is 31.9. The van der Waals surface area contributed by atoms with Gasteiger partial charge in [-0.05, 0) is 24.3 Å². The number of aliphatic imine (C=N–C) groups is 1. The van der Waals surface area contributed by atoms with Gasteiger partial charge < -0.3 is 21.1 Å². The van der Waals surface area contributed by atoms with E-state index in [4.69, 9.17) is 5.11 Å². The number of nitrogens with one attached hydrogen (secondary N) is 3. The molecule has 8 nitrogen and oxygen atoms in total. The average Bonchev–Trinajstić information content (AvgIpc) is 2.65. The first-order chi connectivity index (χ1) is 12.6. The maximum atomic E-state index is 12.4. The van der Waals surface area contributed by atoms with E-state index in [2.05, 4.69) is 25.9 Å². The van der Waals surface area contributed by atoms with Crippen molar-refractivity contribution in [3.63, 3.8) is 0 Å². The average molecular weight is 353 g/mol. The zero-order chi connectivity index (χ0) is 18.5. The summed E-state index contributed by atoms with van der Waals surface area (Å²) in [5.41, 5.74) is 2.10. The van der Waals surface area contributed by atoms with E-state index in [1.807, 2.05) is 18.2 Å². The van der Waals surface area contributed by atoms with Crippen molar-refractivity contribution in [2.45, 2.75) is 0 Å². The number of hydrogen-bond donors (Lipinski definition) is 4. The third-order valence-corrected chi connectivity index (χ3v) is 3.97. The molecule has 1 aliphatic rings.